The minimum absolute atomic E-state index is 1.07. The Morgan fingerprint density at radius 2 is 1.69 bits per heavy atom. The van der Waals surface area contributed by atoms with Gasteiger partial charge < -0.3 is 0 Å². The molecule has 0 unspecified atom stereocenters. The molecule has 0 N–H and O–H groups in total. The van der Waals surface area contributed by atoms with Gasteiger partial charge in [-0.15, -0.1) is 11.3 Å². The quantitative estimate of drug-likeness (QED) is 0.552. The summed E-state index contributed by atoms with van der Waals surface area (Å²) in [6.07, 6.45) is 0. The Bertz CT molecular complexity index is 415. The normalized spacial score (nSPS) is 8.92. The molecule has 0 saturated heterocycles. The SMILES string of the molecule is C(#Cc1cccs1)c1ccccc1. The molecule has 0 aliphatic rings. The molecule has 2 rings (SSSR count). The summed E-state index contributed by atoms with van der Waals surface area (Å²) in [5.74, 6) is 6.22. The highest BCUT2D eigenvalue weighted by atomic mass is 32.1. The third-order valence-electron chi connectivity index (χ3n) is 1.63. The molecule has 13 heavy (non-hydrogen) atoms. The van der Waals surface area contributed by atoms with Gasteiger partial charge >= 0.3 is 0 Å². The van der Waals surface area contributed by atoms with Crippen LogP contribution in [0.3, 0.4) is 0 Å². The minimum atomic E-state index is 1.07. The van der Waals surface area contributed by atoms with Crippen LogP contribution in [0, 0.1) is 11.8 Å². The maximum absolute atomic E-state index is 3.11. The van der Waals surface area contributed by atoms with E-state index < -0.39 is 0 Å². The van der Waals surface area contributed by atoms with Gasteiger partial charge in [-0.1, -0.05) is 36.1 Å². The molecule has 62 valence electrons. The van der Waals surface area contributed by atoms with Gasteiger partial charge in [0.2, 0.25) is 0 Å². The Balaban J connectivity index is 2.23. The number of rotatable bonds is 0. The molecule has 0 aliphatic carbocycles. The summed E-state index contributed by atoms with van der Waals surface area (Å²) in [6, 6.07) is 14.1. The highest BCUT2D eigenvalue weighted by molar-refractivity contribution is 7.10. The van der Waals surface area contributed by atoms with Gasteiger partial charge in [-0.05, 0) is 23.6 Å². The molecule has 0 fully saturated rings. The Labute approximate surface area is 81.9 Å². The molecule has 2 aromatic rings. The second-order valence-electron chi connectivity index (χ2n) is 2.59. The molecule has 0 saturated carbocycles. The first kappa shape index (κ1) is 8.10. The van der Waals surface area contributed by atoms with E-state index in [1.165, 1.54) is 0 Å². The van der Waals surface area contributed by atoms with Crippen molar-refractivity contribution in [3.63, 3.8) is 0 Å². The smallest absolute Gasteiger partial charge is 0.0772 e. The van der Waals surface area contributed by atoms with Crippen LogP contribution in [0.4, 0.5) is 0 Å². The summed E-state index contributed by atoms with van der Waals surface area (Å²) in [5.41, 5.74) is 1.07. The highest BCUT2D eigenvalue weighted by Crippen LogP contribution is 2.06. The van der Waals surface area contributed by atoms with Gasteiger partial charge in [0.25, 0.3) is 0 Å². The van der Waals surface area contributed by atoms with E-state index in [-0.39, 0.29) is 0 Å². The van der Waals surface area contributed by atoms with Crippen molar-refractivity contribution in [3.8, 4) is 11.8 Å². The molecule has 0 spiro atoms. The van der Waals surface area contributed by atoms with E-state index in [0.717, 1.165) is 10.4 Å². The highest BCUT2D eigenvalue weighted by Gasteiger charge is 1.85. The summed E-state index contributed by atoms with van der Waals surface area (Å²) >= 11 is 1.67. The Morgan fingerprint density at radius 3 is 2.38 bits per heavy atom. The van der Waals surface area contributed by atoms with Crippen molar-refractivity contribution in [1.82, 2.24) is 0 Å². The second kappa shape index (κ2) is 3.93. The number of benzene rings is 1. The van der Waals surface area contributed by atoms with Crippen LogP contribution in [0.5, 0.6) is 0 Å². The van der Waals surface area contributed by atoms with E-state index in [1.807, 2.05) is 47.8 Å². The van der Waals surface area contributed by atoms with Crippen LogP contribution in [0.25, 0.3) is 0 Å². The molecular formula is C12H8S. The monoisotopic (exact) mass is 184 g/mol. The lowest BCUT2D eigenvalue weighted by Crippen LogP contribution is -1.70. The molecular weight excluding hydrogens is 176 g/mol. The van der Waals surface area contributed by atoms with Crippen molar-refractivity contribution in [2.24, 2.45) is 0 Å². The average molecular weight is 184 g/mol. The molecule has 0 radical (unpaired) electrons. The van der Waals surface area contributed by atoms with Crippen molar-refractivity contribution in [3.05, 3.63) is 58.3 Å². The van der Waals surface area contributed by atoms with Crippen LogP contribution in [-0.4, -0.2) is 0 Å². The molecule has 0 aliphatic heterocycles. The molecule has 0 atom stereocenters. The summed E-state index contributed by atoms with van der Waals surface area (Å²) in [7, 11) is 0. The Kier molecular flexibility index (Phi) is 2.45. The summed E-state index contributed by atoms with van der Waals surface area (Å²) in [6.45, 7) is 0. The van der Waals surface area contributed by atoms with E-state index in [1.54, 1.807) is 11.3 Å². The zero-order valence-corrected chi connectivity index (χ0v) is 7.84. The fourth-order valence-corrected chi connectivity index (χ4v) is 1.58. The van der Waals surface area contributed by atoms with Crippen LogP contribution in [0.2, 0.25) is 0 Å². The third kappa shape index (κ3) is 2.21. The van der Waals surface area contributed by atoms with Crippen LogP contribution in [0.15, 0.2) is 47.8 Å². The van der Waals surface area contributed by atoms with Crippen molar-refractivity contribution in [2.45, 2.75) is 0 Å². The van der Waals surface area contributed by atoms with Gasteiger partial charge in [-0.2, -0.15) is 0 Å². The van der Waals surface area contributed by atoms with Gasteiger partial charge in [0.15, 0.2) is 0 Å². The van der Waals surface area contributed by atoms with Gasteiger partial charge in [-0.3, -0.25) is 0 Å². The topological polar surface area (TPSA) is 0 Å². The number of thiophene rings is 1. The lowest BCUT2D eigenvalue weighted by Gasteiger charge is -1.85. The first-order chi connectivity index (χ1) is 6.45. The molecule has 1 heterocycles. The predicted octanol–water partition coefficient (Wildman–Crippen LogP) is 3.15. The van der Waals surface area contributed by atoms with Crippen LogP contribution in [-0.2, 0) is 0 Å². The van der Waals surface area contributed by atoms with Gasteiger partial charge in [-0.25, -0.2) is 0 Å². The fourth-order valence-electron chi connectivity index (χ4n) is 1.00. The Hall–Kier alpha value is -1.52. The maximum Gasteiger partial charge on any atom is 0.0772 e. The molecule has 1 heteroatoms. The summed E-state index contributed by atoms with van der Waals surface area (Å²) in [4.78, 5) is 1.11. The van der Waals surface area contributed by atoms with E-state index >= 15 is 0 Å². The third-order valence-corrected chi connectivity index (χ3v) is 2.41. The standard InChI is InChI=1S/C12H8S/c1-2-5-11(6-3-1)8-9-12-7-4-10-13-12/h1-7,10H. The van der Waals surface area contributed by atoms with E-state index in [0.29, 0.717) is 0 Å². The van der Waals surface area contributed by atoms with E-state index in [9.17, 15) is 0 Å². The largest absolute Gasteiger partial charge is 0.135 e. The Morgan fingerprint density at radius 1 is 0.846 bits per heavy atom. The zero-order valence-electron chi connectivity index (χ0n) is 7.03. The van der Waals surface area contributed by atoms with Gasteiger partial charge in [0, 0.05) is 5.56 Å². The first-order valence-corrected chi connectivity index (χ1v) is 4.94. The maximum atomic E-state index is 3.11. The lowest BCUT2D eigenvalue weighted by molar-refractivity contribution is 1.65. The molecule has 1 aromatic carbocycles. The van der Waals surface area contributed by atoms with E-state index in [4.69, 9.17) is 0 Å². The van der Waals surface area contributed by atoms with Crippen molar-refractivity contribution >= 4 is 11.3 Å². The average Bonchev–Trinajstić information content (AvgIpc) is 2.69. The molecule has 0 amide bonds. The predicted molar refractivity (Wildman–Crippen MR) is 56.7 cm³/mol. The molecule has 0 nitrogen and oxygen atoms in total. The zero-order chi connectivity index (χ0) is 8.93. The van der Waals surface area contributed by atoms with Gasteiger partial charge in [0.1, 0.15) is 0 Å². The summed E-state index contributed by atoms with van der Waals surface area (Å²) < 4.78 is 0. The summed E-state index contributed by atoms with van der Waals surface area (Å²) in [5, 5.41) is 2.04. The number of hydrogen-bond donors (Lipinski definition) is 0. The van der Waals surface area contributed by atoms with Crippen LogP contribution in [0.1, 0.15) is 10.4 Å². The van der Waals surface area contributed by atoms with Crippen LogP contribution >= 0.6 is 11.3 Å². The van der Waals surface area contributed by atoms with Crippen molar-refractivity contribution in [2.75, 3.05) is 0 Å². The second-order valence-corrected chi connectivity index (χ2v) is 3.54. The van der Waals surface area contributed by atoms with E-state index in [2.05, 4.69) is 11.8 Å². The van der Waals surface area contributed by atoms with Crippen LogP contribution < -0.4 is 0 Å². The molecule has 0 bridgehead atoms. The van der Waals surface area contributed by atoms with Crippen molar-refractivity contribution in [1.29, 1.82) is 0 Å². The molecule has 1 aromatic heterocycles. The lowest BCUT2D eigenvalue weighted by atomic mass is 10.2. The van der Waals surface area contributed by atoms with Crippen molar-refractivity contribution < 1.29 is 0 Å². The first-order valence-electron chi connectivity index (χ1n) is 4.06. The minimum Gasteiger partial charge on any atom is -0.135 e. The fraction of sp³-hybridized carbons (Fsp3) is 0. The van der Waals surface area contributed by atoms with Gasteiger partial charge in [0.05, 0.1) is 4.88 Å². The number of hydrogen-bond acceptors (Lipinski definition) is 1.